The van der Waals surface area contributed by atoms with Crippen LogP contribution in [0.25, 0.3) is 0 Å². The second kappa shape index (κ2) is 6.67. The minimum absolute atomic E-state index is 0.0103. The zero-order valence-corrected chi connectivity index (χ0v) is 9.96. The molecule has 1 rings (SSSR count). The van der Waals surface area contributed by atoms with Crippen molar-refractivity contribution in [1.29, 1.82) is 0 Å². The summed E-state index contributed by atoms with van der Waals surface area (Å²) in [7, 11) is 3.53. The molecule has 0 saturated carbocycles. The average molecular weight is 213 g/mol. The average Bonchev–Trinajstić information content (AvgIpc) is 2.69. The third-order valence-electron chi connectivity index (χ3n) is 2.78. The lowest BCUT2D eigenvalue weighted by molar-refractivity contribution is 0.217. The molecule has 0 radical (unpaired) electrons. The fourth-order valence-electron chi connectivity index (χ4n) is 1.82. The van der Waals surface area contributed by atoms with E-state index in [1.54, 1.807) is 19.0 Å². The maximum absolute atomic E-state index is 11.2. The van der Waals surface area contributed by atoms with E-state index in [1.807, 2.05) is 0 Å². The number of amides is 2. The molecular weight excluding hydrogens is 190 g/mol. The first-order chi connectivity index (χ1) is 7.20. The number of hydrogen-bond donors (Lipinski definition) is 1. The second-order valence-corrected chi connectivity index (χ2v) is 4.38. The van der Waals surface area contributed by atoms with Gasteiger partial charge in [-0.15, -0.1) is 0 Å². The van der Waals surface area contributed by atoms with Crippen LogP contribution in [0.4, 0.5) is 4.79 Å². The van der Waals surface area contributed by atoms with Gasteiger partial charge in [-0.1, -0.05) is 0 Å². The van der Waals surface area contributed by atoms with Crippen molar-refractivity contribution in [2.75, 3.05) is 40.3 Å². The Morgan fingerprint density at radius 3 is 2.53 bits per heavy atom. The van der Waals surface area contributed by atoms with E-state index in [1.165, 1.54) is 38.9 Å². The molecule has 4 nitrogen and oxygen atoms in total. The highest BCUT2D eigenvalue weighted by atomic mass is 16.2. The lowest BCUT2D eigenvalue weighted by atomic mass is 10.3. The molecule has 0 spiro atoms. The molecule has 0 aromatic heterocycles. The Hall–Kier alpha value is -0.770. The van der Waals surface area contributed by atoms with Gasteiger partial charge in [0.15, 0.2) is 0 Å². The molecule has 15 heavy (non-hydrogen) atoms. The molecule has 0 aliphatic carbocycles. The fraction of sp³-hybridized carbons (Fsp3) is 0.909. The first-order valence-corrected chi connectivity index (χ1v) is 5.87. The molecule has 0 aromatic rings. The van der Waals surface area contributed by atoms with Crippen molar-refractivity contribution >= 4 is 6.03 Å². The number of carbonyl (C=O) groups excluding carboxylic acids is 1. The summed E-state index contributed by atoms with van der Waals surface area (Å²) in [5.41, 5.74) is 0. The molecule has 4 heteroatoms. The Balaban J connectivity index is 1.90. The summed E-state index contributed by atoms with van der Waals surface area (Å²) >= 11 is 0. The van der Waals surface area contributed by atoms with Crippen LogP contribution in [0.3, 0.4) is 0 Å². The topological polar surface area (TPSA) is 35.6 Å². The largest absolute Gasteiger partial charge is 0.338 e. The van der Waals surface area contributed by atoms with Crippen LogP contribution < -0.4 is 5.32 Å². The summed E-state index contributed by atoms with van der Waals surface area (Å²) in [6.45, 7) is 4.52. The Morgan fingerprint density at radius 2 is 1.93 bits per heavy atom. The van der Waals surface area contributed by atoms with Crippen molar-refractivity contribution in [1.82, 2.24) is 15.1 Å². The normalized spacial score (nSPS) is 16.7. The number of nitrogens with zero attached hydrogens (tertiary/aromatic N) is 2. The molecule has 1 aliphatic heterocycles. The van der Waals surface area contributed by atoms with Gasteiger partial charge in [-0.3, -0.25) is 0 Å². The number of hydrogen-bond acceptors (Lipinski definition) is 2. The van der Waals surface area contributed by atoms with Gasteiger partial charge in [-0.25, -0.2) is 4.79 Å². The van der Waals surface area contributed by atoms with Crippen LogP contribution in [0.1, 0.15) is 25.7 Å². The van der Waals surface area contributed by atoms with E-state index in [9.17, 15) is 4.79 Å². The monoisotopic (exact) mass is 213 g/mol. The third kappa shape index (κ3) is 5.02. The zero-order valence-electron chi connectivity index (χ0n) is 9.96. The molecule has 1 saturated heterocycles. The second-order valence-electron chi connectivity index (χ2n) is 4.38. The molecule has 1 fully saturated rings. The van der Waals surface area contributed by atoms with Gasteiger partial charge in [0, 0.05) is 20.6 Å². The van der Waals surface area contributed by atoms with E-state index in [-0.39, 0.29) is 6.03 Å². The molecule has 0 unspecified atom stereocenters. The van der Waals surface area contributed by atoms with Crippen LogP contribution in [-0.2, 0) is 0 Å². The van der Waals surface area contributed by atoms with Gasteiger partial charge in [-0.2, -0.15) is 0 Å². The summed E-state index contributed by atoms with van der Waals surface area (Å²) < 4.78 is 0. The fourth-order valence-corrected chi connectivity index (χ4v) is 1.82. The van der Waals surface area contributed by atoms with Crippen molar-refractivity contribution in [2.45, 2.75) is 25.7 Å². The van der Waals surface area contributed by atoms with E-state index in [0.717, 1.165) is 13.0 Å². The van der Waals surface area contributed by atoms with E-state index < -0.39 is 0 Å². The number of likely N-dealkylation sites (tertiary alicyclic amines) is 1. The highest BCUT2D eigenvalue weighted by molar-refractivity contribution is 5.73. The first-order valence-electron chi connectivity index (χ1n) is 5.87. The molecular formula is C11H23N3O. The summed E-state index contributed by atoms with van der Waals surface area (Å²) in [6.07, 6.45) is 4.98. The van der Waals surface area contributed by atoms with Crippen molar-refractivity contribution in [2.24, 2.45) is 0 Å². The molecule has 1 aliphatic rings. The first kappa shape index (κ1) is 12.3. The van der Waals surface area contributed by atoms with Gasteiger partial charge < -0.3 is 15.1 Å². The molecule has 2 amide bonds. The highest BCUT2D eigenvalue weighted by Gasteiger charge is 2.10. The number of rotatable bonds is 5. The number of unbranched alkanes of at least 4 members (excludes halogenated alkanes) is 1. The smallest absolute Gasteiger partial charge is 0.316 e. The van der Waals surface area contributed by atoms with Crippen molar-refractivity contribution < 1.29 is 4.79 Å². The molecule has 0 bridgehead atoms. The lowest BCUT2D eigenvalue weighted by Gasteiger charge is -2.15. The summed E-state index contributed by atoms with van der Waals surface area (Å²) in [5, 5.41) is 2.88. The lowest BCUT2D eigenvalue weighted by Crippen LogP contribution is -2.35. The third-order valence-corrected chi connectivity index (χ3v) is 2.78. The Labute approximate surface area is 92.6 Å². The summed E-state index contributed by atoms with van der Waals surface area (Å²) in [4.78, 5) is 15.2. The van der Waals surface area contributed by atoms with E-state index in [2.05, 4.69) is 10.2 Å². The zero-order chi connectivity index (χ0) is 11.1. The maximum Gasteiger partial charge on any atom is 0.316 e. The Morgan fingerprint density at radius 1 is 1.27 bits per heavy atom. The predicted molar refractivity (Wildman–Crippen MR) is 62.0 cm³/mol. The predicted octanol–water partition coefficient (Wildman–Crippen LogP) is 1.13. The van der Waals surface area contributed by atoms with Crippen LogP contribution in [0, 0.1) is 0 Å². The van der Waals surface area contributed by atoms with E-state index in [0.29, 0.717) is 0 Å². The SMILES string of the molecule is CN(C)C(=O)NCCCCN1CCCC1. The van der Waals surface area contributed by atoms with Crippen molar-refractivity contribution in [3.05, 3.63) is 0 Å². The van der Waals surface area contributed by atoms with E-state index in [4.69, 9.17) is 0 Å². The molecule has 0 atom stereocenters. The van der Waals surface area contributed by atoms with Crippen LogP contribution in [0.5, 0.6) is 0 Å². The number of nitrogens with one attached hydrogen (secondary N) is 1. The molecule has 0 aromatic carbocycles. The van der Waals surface area contributed by atoms with Gasteiger partial charge in [0.05, 0.1) is 0 Å². The molecule has 88 valence electrons. The van der Waals surface area contributed by atoms with Gasteiger partial charge >= 0.3 is 6.03 Å². The highest BCUT2D eigenvalue weighted by Crippen LogP contribution is 2.07. The maximum atomic E-state index is 11.2. The van der Waals surface area contributed by atoms with Gasteiger partial charge in [0.1, 0.15) is 0 Å². The summed E-state index contributed by atoms with van der Waals surface area (Å²) in [6, 6.07) is 0.0103. The quantitative estimate of drug-likeness (QED) is 0.695. The van der Waals surface area contributed by atoms with Crippen LogP contribution >= 0.6 is 0 Å². The Bertz CT molecular complexity index is 188. The standard InChI is InChI=1S/C11H23N3O/c1-13(2)11(15)12-7-3-4-8-14-9-5-6-10-14/h3-10H2,1-2H3,(H,12,15). The van der Waals surface area contributed by atoms with Gasteiger partial charge in [0.25, 0.3) is 0 Å². The number of carbonyl (C=O) groups is 1. The van der Waals surface area contributed by atoms with Crippen LogP contribution in [0.15, 0.2) is 0 Å². The molecule has 1 N–H and O–H groups in total. The van der Waals surface area contributed by atoms with Crippen molar-refractivity contribution in [3.8, 4) is 0 Å². The molecule has 1 heterocycles. The minimum Gasteiger partial charge on any atom is -0.338 e. The van der Waals surface area contributed by atoms with Crippen LogP contribution in [-0.4, -0.2) is 56.1 Å². The van der Waals surface area contributed by atoms with Gasteiger partial charge in [0.2, 0.25) is 0 Å². The van der Waals surface area contributed by atoms with Gasteiger partial charge in [-0.05, 0) is 45.3 Å². The van der Waals surface area contributed by atoms with Crippen LogP contribution in [0.2, 0.25) is 0 Å². The van der Waals surface area contributed by atoms with E-state index >= 15 is 0 Å². The summed E-state index contributed by atoms with van der Waals surface area (Å²) in [5.74, 6) is 0. The number of urea groups is 1. The minimum atomic E-state index is 0.0103. The van der Waals surface area contributed by atoms with Crippen molar-refractivity contribution in [3.63, 3.8) is 0 Å². The Kier molecular flexibility index (Phi) is 5.47.